The minimum atomic E-state index is -4.69. The lowest BCUT2D eigenvalue weighted by atomic mass is 9.85. The van der Waals surface area contributed by atoms with Crippen LogP contribution in [0.4, 0.5) is 0 Å². The maximum Gasteiger partial charge on any atom is 0.397 e. The van der Waals surface area contributed by atoms with Gasteiger partial charge in [0.1, 0.15) is 29.6 Å². The summed E-state index contributed by atoms with van der Waals surface area (Å²) in [5, 5.41) is 11.2. The standard InChI is InChI=1S/C19H22O8S/c1-5-18(2,3)13-7-11-6-12-8-16(19(4,21)10-25-28(22,23)24)26-14(12)9-15(11)27-17(13)20/h5-7,9,16,21H,1,8,10H2,2-4H3,(H,22,23,24). The maximum absolute atomic E-state index is 12.3. The van der Waals surface area contributed by atoms with E-state index in [9.17, 15) is 18.3 Å². The van der Waals surface area contributed by atoms with Crippen molar-refractivity contribution in [2.24, 2.45) is 0 Å². The van der Waals surface area contributed by atoms with Gasteiger partial charge in [0.25, 0.3) is 0 Å². The largest absolute Gasteiger partial charge is 0.487 e. The average molecular weight is 410 g/mol. The van der Waals surface area contributed by atoms with Gasteiger partial charge in [0.05, 0.1) is 0 Å². The molecular formula is C19H22O8S. The fraction of sp³-hybridized carbons (Fsp3) is 0.421. The van der Waals surface area contributed by atoms with Crippen molar-refractivity contribution in [1.82, 2.24) is 0 Å². The molecule has 28 heavy (non-hydrogen) atoms. The van der Waals surface area contributed by atoms with Gasteiger partial charge in [0.15, 0.2) is 0 Å². The maximum atomic E-state index is 12.3. The lowest BCUT2D eigenvalue weighted by Gasteiger charge is -2.28. The van der Waals surface area contributed by atoms with E-state index >= 15 is 0 Å². The molecule has 2 aromatic rings. The van der Waals surface area contributed by atoms with Crippen molar-refractivity contribution in [1.29, 1.82) is 0 Å². The van der Waals surface area contributed by atoms with Gasteiger partial charge in [-0.2, -0.15) is 8.42 Å². The van der Waals surface area contributed by atoms with Crippen LogP contribution in [0, 0.1) is 0 Å². The number of benzene rings is 1. The van der Waals surface area contributed by atoms with Crippen molar-refractivity contribution in [3.05, 3.63) is 52.4 Å². The molecule has 1 aliphatic rings. The monoisotopic (exact) mass is 410 g/mol. The van der Waals surface area contributed by atoms with Gasteiger partial charge in [0.2, 0.25) is 0 Å². The molecular weight excluding hydrogens is 388 g/mol. The Labute approximate surface area is 162 Å². The Kier molecular flexibility index (Phi) is 4.91. The molecule has 0 amide bonds. The molecule has 0 saturated carbocycles. The molecule has 0 aliphatic carbocycles. The molecule has 0 bridgehead atoms. The quantitative estimate of drug-likeness (QED) is 0.422. The number of rotatable bonds is 6. The molecule has 152 valence electrons. The van der Waals surface area contributed by atoms with Crippen LogP contribution < -0.4 is 10.4 Å². The average Bonchev–Trinajstić information content (AvgIpc) is 3.00. The number of aliphatic hydroxyl groups is 1. The van der Waals surface area contributed by atoms with E-state index in [2.05, 4.69) is 10.8 Å². The molecule has 2 unspecified atom stereocenters. The van der Waals surface area contributed by atoms with Crippen LogP contribution in [0.3, 0.4) is 0 Å². The summed E-state index contributed by atoms with van der Waals surface area (Å²) in [5.74, 6) is 0.420. The van der Waals surface area contributed by atoms with Crippen LogP contribution in [0.25, 0.3) is 11.0 Å². The fourth-order valence-corrected chi connectivity index (χ4v) is 3.44. The summed E-state index contributed by atoms with van der Waals surface area (Å²) in [7, 11) is -4.69. The summed E-state index contributed by atoms with van der Waals surface area (Å²) in [6, 6.07) is 5.11. The van der Waals surface area contributed by atoms with Crippen LogP contribution >= 0.6 is 0 Å². The van der Waals surface area contributed by atoms with Gasteiger partial charge in [-0.1, -0.05) is 19.9 Å². The molecule has 2 N–H and O–H groups in total. The van der Waals surface area contributed by atoms with E-state index in [4.69, 9.17) is 13.7 Å². The van der Waals surface area contributed by atoms with Crippen molar-refractivity contribution < 1.29 is 31.4 Å². The van der Waals surface area contributed by atoms with Gasteiger partial charge >= 0.3 is 16.0 Å². The van der Waals surface area contributed by atoms with Crippen LogP contribution in [0.2, 0.25) is 0 Å². The van der Waals surface area contributed by atoms with E-state index < -0.39 is 39.8 Å². The van der Waals surface area contributed by atoms with Crippen molar-refractivity contribution >= 4 is 21.4 Å². The highest BCUT2D eigenvalue weighted by atomic mass is 32.3. The molecule has 1 aromatic heterocycles. The van der Waals surface area contributed by atoms with Gasteiger partial charge in [-0.15, -0.1) is 6.58 Å². The molecule has 2 heterocycles. The SMILES string of the molecule is C=CC(C)(C)c1cc2cc3c(cc2oc1=O)OC(C(C)(O)COS(=O)(=O)O)C3. The first kappa shape index (κ1) is 20.5. The minimum absolute atomic E-state index is 0.284. The Morgan fingerprint density at radius 1 is 1.32 bits per heavy atom. The molecule has 8 nitrogen and oxygen atoms in total. The smallest absolute Gasteiger partial charge is 0.397 e. The normalized spacial score (nSPS) is 19.1. The minimum Gasteiger partial charge on any atom is -0.487 e. The van der Waals surface area contributed by atoms with Gasteiger partial charge in [-0.05, 0) is 24.6 Å². The first-order valence-electron chi connectivity index (χ1n) is 8.58. The second kappa shape index (κ2) is 6.70. The number of hydrogen-bond acceptors (Lipinski definition) is 7. The summed E-state index contributed by atoms with van der Waals surface area (Å²) in [5.41, 5.74) is -1.15. The molecule has 1 aliphatic heterocycles. The third-order valence-electron chi connectivity index (χ3n) is 4.99. The molecule has 9 heteroatoms. The van der Waals surface area contributed by atoms with Crippen molar-refractivity contribution in [3.63, 3.8) is 0 Å². The van der Waals surface area contributed by atoms with Crippen LogP contribution in [0.1, 0.15) is 31.9 Å². The number of fused-ring (bicyclic) bond motifs is 2. The van der Waals surface area contributed by atoms with Crippen molar-refractivity contribution in [2.45, 2.75) is 44.3 Å². The Balaban J connectivity index is 1.94. The zero-order chi connectivity index (χ0) is 20.9. The van der Waals surface area contributed by atoms with Crippen LogP contribution in [0.5, 0.6) is 5.75 Å². The van der Waals surface area contributed by atoms with Crippen molar-refractivity contribution in [3.8, 4) is 5.75 Å². The molecule has 3 rings (SSSR count). The number of ether oxygens (including phenoxy) is 1. The second-order valence-corrected chi connectivity index (χ2v) is 8.82. The van der Waals surface area contributed by atoms with E-state index in [0.717, 1.165) is 5.56 Å². The zero-order valence-corrected chi connectivity index (χ0v) is 16.6. The van der Waals surface area contributed by atoms with Gasteiger partial charge in [-0.3, -0.25) is 4.55 Å². The molecule has 2 atom stereocenters. The van der Waals surface area contributed by atoms with Gasteiger partial charge in [-0.25, -0.2) is 8.98 Å². The highest BCUT2D eigenvalue weighted by molar-refractivity contribution is 7.80. The summed E-state index contributed by atoms with van der Waals surface area (Å²) in [4.78, 5) is 12.3. The molecule has 1 aromatic carbocycles. The zero-order valence-electron chi connectivity index (χ0n) is 15.8. The van der Waals surface area contributed by atoms with E-state index in [-0.39, 0.29) is 6.42 Å². The van der Waals surface area contributed by atoms with E-state index in [1.54, 1.807) is 24.3 Å². The van der Waals surface area contributed by atoms with Crippen molar-refractivity contribution in [2.75, 3.05) is 6.61 Å². The summed E-state index contributed by atoms with van der Waals surface area (Å²) < 4.78 is 45.7. The topological polar surface area (TPSA) is 123 Å². The lowest BCUT2D eigenvalue weighted by Crippen LogP contribution is -2.46. The third-order valence-corrected chi connectivity index (χ3v) is 5.40. The van der Waals surface area contributed by atoms with Gasteiger partial charge < -0.3 is 14.3 Å². The first-order valence-corrected chi connectivity index (χ1v) is 9.95. The van der Waals surface area contributed by atoms with E-state index in [1.807, 2.05) is 13.8 Å². The Bertz CT molecular complexity index is 1090. The van der Waals surface area contributed by atoms with E-state index in [1.165, 1.54) is 6.92 Å². The predicted octanol–water partition coefficient (Wildman–Crippen LogP) is 2.13. The molecule has 0 fully saturated rings. The number of allylic oxidation sites excluding steroid dienone is 1. The Hall–Kier alpha value is -2.20. The number of hydrogen-bond donors (Lipinski definition) is 2. The summed E-state index contributed by atoms with van der Waals surface area (Å²) in [6.07, 6.45) is 1.15. The van der Waals surface area contributed by atoms with Gasteiger partial charge in [0, 0.05) is 28.9 Å². The molecule has 0 saturated heterocycles. The molecule has 0 radical (unpaired) electrons. The highest BCUT2D eigenvalue weighted by Crippen LogP contribution is 2.37. The Morgan fingerprint density at radius 2 is 2.00 bits per heavy atom. The Morgan fingerprint density at radius 3 is 2.61 bits per heavy atom. The first-order chi connectivity index (χ1) is 12.8. The fourth-order valence-electron chi connectivity index (χ4n) is 3.05. The molecule has 0 spiro atoms. The third kappa shape index (κ3) is 3.97. The summed E-state index contributed by atoms with van der Waals surface area (Å²) >= 11 is 0. The lowest BCUT2D eigenvalue weighted by molar-refractivity contribution is -0.0670. The summed E-state index contributed by atoms with van der Waals surface area (Å²) in [6.45, 7) is 8.15. The van der Waals surface area contributed by atoms with E-state index in [0.29, 0.717) is 22.3 Å². The van der Waals surface area contributed by atoms with Crippen LogP contribution in [-0.4, -0.2) is 36.4 Å². The van der Waals surface area contributed by atoms with Crippen LogP contribution in [-0.2, 0) is 26.4 Å². The highest BCUT2D eigenvalue weighted by Gasteiger charge is 2.40. The predicted molar refractivity (Wildman–Crippen MR) is 102 cm³/mol. The van der Waals surface area contributed by atoms with Crippen LogP contribution in [0.15, 0.2) is 40.1 Å². The second-order valence-electron chi connectivity index (χ2n) is 7.73.